The van der Waals surface area contributed by atoms with Gasteiger partial charge in [0.05, 0.1) is 0 Å². The molecular weight excluding hydrogens is 188 g/mol. The predicted octanol–water partition coefficient (Wildman–Crippen LogP) is 1.21. The standard InChI is InChI=1S/C12H26N2O/c1-11(2)14(8-3-9-15)10-12(4-5-12)6-7-13/h11,15H,3-10,13H2,1-2H3. The maximum absolute atomic E-state index is 8.87. The lowest BCUT2D eigenvalue weighted by Crippen LogP contribution is -2.37. The number of hydrogen-bond acceptors (Lipinski definition) is 3. The first-order chi connectivity index (χ1) is 7.13. The molecule has 0 aliphatic heterocycles. The van der Waals surface area contributed by atoms with Gasteiger partial charge < -0.3 is 15.7 Å². The lowest BCUT2D eigenvalue weighted by atomic mass is 10.0. The van der Waals surface area contributed by atoms with Gasteiger partial charge >= 0.3 is 0 Å². The Morgan fingerprint density at radius 1 is 1.40 bits per heavy atom. The molecule has 0 aromatic heterocycles. The lowest BCUT2D eigenvalue weighted by molar-refractivity contribution is 0.156. The summed E-state index contributed by atoms with van der Waals surface area (Å²) in [4.78, 5) is 2.48. The van der Waals surface area contributed by atoms with Gasteiger partial charge in [-0.2, -0.15) is 0 Å². The quantitative estimate of drug-likeness (QED) is 0.638. The average molecular weight is 214 g/mol. The lowest BCUT2D eigenvalue weighted by Gasteiger charge is -2.30. The second-order valence-electron chi connectivity index (χ2n) is 5.18. The van der Waals surface area contributed by atoms with E-state index in [1.807, 2.05) is 0 Å². The van der Waals surface area contributed by atoms with Crippen LogP contribution in [0.5, 0.6) is 0 Å². The van der Waals surface area contributed by atoms with Crippen molar-refractivity contribution in [2.24, 2.45) is 11.1 Å². The molecule has 0 aromatic rings. The maximum Gasteiger partial charge on any atom is 0.0443 e. The van der Waals surface area contributed by atoms with Crippen LogP contribution in [0.1, 0.15) is 39.5 Å². The van der Waals surface area contributed by atoms with E-state index in [0.717, 1.165) is 25.9 Å². The van der Waals surface area contributed by atoms with Gasteiger partial charge in [-0.25, -0.2) is 0 Å². The molecule has 3 heteroatoms. The molecule has 1 rings (SSSR count). The zero-order valence-electron chi connectivity index (χ0n) is 10.2. The highest BCUT2D eigenvalue weighted by atomic mass is 16.3. The molecule has 0 spiro atoms. The number of hydrogen-bond donors (Lipinski definition) is 2. The maximum atomic E-state index is 8.87. The fourth-order valence-corrected chi connectivity index (χ4v) is 2.19. The molecule has 0 bridgehead atoms. The predicted molar refractivity (Wildman–Crippen MR) is 63.8 cm³/mol. The number of aliphatic hydroxyl groups is 1. The Kier molecular flexibility index (Phi) is 5.03. The van der Waals surface area contributed by atoms with Gasteiger partial charge in [0.25, 0.3) is 0 Å². The Labute approximate surface area is 93.6 Å². The summed E-state index contributed by atoms with van der Waals surface area (Å²) in [6.07, 6.45) is 4.73. The third-order valence-electron chi connectivity index (χ3n) is 3.50. The second-order valence-corrected chi connectivity index (χ2v) is 5.18. The van der Waals surface area contributed by atoms with E-state index >= 15 is 0 Å². The fourth-order valence-electron chi connectivity index (χ4n) is 2.19. The molecule has 1 aliphatic carbocycles. The van der Waals surface area contributed by atoms with Crippen LogP contribution < -0.4 is 5.73 Å². The highest BCUT2D eigenvalue weighted by Gasteiger charge is 2.42. The normalized spacial score (nSPS) is 18.8. The highest BCUT2D eigenvalue weighted by molar-refractivity contribution is 4.96. The van der Waals surface area contributed by atoms with Crippen molar-refractivity contribution in [1.29, 1.82) is 0 Å². The van der Waals surface area contributed by atoms with Crippen LogP contribution in [0.4, 0.5) is 0 Å². The van der Waals surface area contributed by atoms with Crippen molar-refractivity contribution in [1.82, 2.24) is 4.90 Å². The second kappa shape index (κ2) is 5.83. The van der Waals surface area contributed by atoms with Gasteiger partial charge in [-0.1, -0.05) is 0 Å². The summed E-state index contributed by atoms with van der Waals surface area (Å²) < 4.78 is 0. The molecule has 0 atom stereocenters. The molecular formula is C12H26N2O. The van der Waals surface area contributed by atoms with Crippen molar-refractivity contribution >= 4 is 0 Å². The summed E-state index contributed by atoms with van der Waals surface area (Å²) in [6, 6.07) is 0.576. The van der Waals surface area contributed by atoms with E-state index in [9.17, 15) is 0 Å². The SMILES string of the molecule is CC(C)N(CCCO)CC1(CCN)CC1. The monoisotopic (exact) mass is 214 g/mol. The van der Waals surface area contributed by atoms with Crippen LogP contribution in [-0.4, -0.2) is 42.3 Å². The molecule has 3 N–H and O–H groups in total. The van der Waals surface area contributed by atoms with Crippen LogP contribution in [0, 0.1) is 5.41 Å². The first-order valence-electron chi connectivity index (χ1n) is 6.18. The Bertz CT molecular complexity index is 178. The van der Waals surface area contributed by atoms with E-state index in [2.05, 4.69) is 18.7 Å². The fraction of sp³-hybridized carbons (Fsp3) is 1.00. The molecule has 0 unspecified atom stereocenters. The molecule has 1 saturated carbocycles. The number of nitrogens with two attached hydrogens (primary N) is 1. The van der Waals surface area contributed by atoms with Gasteiger partial charge in [0.1, 0.15) is 0 Å². The molecule has 3 nitrogen and oxygen atoms in total. The van der Waals surface area contributed by atoms with Crippen molar-refractivity contribution < 1.29 is 5.11 Å². The van der Waals surface area contributed by atoms with Crippen molar-refractivity contribution in [2.75, 3.05) is 26.2 Å². The third-order valence-corrected chi connectivity index (χ3v) is 3.50. The van der Waals surface area contributed by atoms with Crippen LogP contribution >= 0.6 is 0 Å². The zero-order valence-corrected chi connectivity index (χ0v) is 10.2. The molecule has 1 fully saturated rings. The summed E-state index contributed by atoms with van der Waals surface area (Å²) in [6.45, 7) is 7.76. The van der Waals surface area contributed by atoms with E-state index < -0.39 is 0 Å². The van der Waals surface area contributed by atoms with E-state index in [1.165, 1.54) is 19.4 Å². The minimum absolute atomic E-state index is 0.299. The van der Waals surface area contributed by atoms with Gasteiger partial charge in [0, 0.05) is 25.7 Å². The summed E-state index contributed by atoms with van der Waals surface area (Å²) in [5, 5.41) is 8.87. The molecule has 0 heterocycles. The Morgan fingerprint density at radius 2 is 2.07 bits per heavy atom. The van der Waals surface area contributed by atoms with E-state index in [0.29, 0.717) is 18.1 Å². The molecule has 0 aromatic carbocycles. The van der Waals surface area contributed by atoms with Crippen molar-refractivity contribution in [2.45, 2.75) is 45.6 Å². The minimum Gasteiger partial charge on any atom is -0.396 e. The van der Waals surface area contributed by atoms with Crippen LogP contribution in [0.25, 0.3) is 0 Å². The van der Waals surface area contributed by atoms with E-state index in [-0.39, 0.29) is 0 Å². The van der Waals surface area contributed by atoms with Gasteiger partial charge in [0.2, 0.25) is 0 Å². The first kappa shape index (κ1) is 12.9. The van der Waals surface area contributed by atoms with Crippen molar-refractivity contribution in [3.63, 3.8) is 0 Å². The number of nitrogens with zero attached hydrogens (tertiary/aromatic N) is 1. The Balaban J connectivity index is 2.36. The summed E-state index contributed by atoms with van der Waals surface area (Å²) in [5.41, 5.74) is 6.17. The van der Waals surface area contributed by atoms with Crippen molar-refractivity contribution in [3.05, 3.63) is 0 Å². The Morgan fingerprint density at radius 3 is 2.47 bits per heavy atom. The van der Waals surface area contributed by atoms with E-state index in [4.69, 9.17) is 10.8 Å². The van der Waals surface area contributed by atoms with Crippen LogP contribution in [0.3, 0.4) is 0 Å². The minimum atomic E-state index is 0.299. The molecule has 15 heavy (non-hydrogen) atoms. The summed E-state index contributed by atoms with van der Waals surface area (Å²) in [7, 11) is 0. The average Bonchev–Trinajstić information content (AvgIpc) is 2.93. The van der Waals surface area contributed by atoms with Crippen LogP contribution in [-0.2, 0) is 0 Å². The third kappa shape index (κ3) is 4.09. The van der Waals surface area contributed by atoms with Gasteiger partial charge in [-0.15, -0.1) is 0 Å². The van der Waals surface area contributed by atoms with Crippen LogP contribution in [0.2, 0.25) is 0 Å². The number of aliphatic hydroxyl groups excluding tert-OH is 1. The van der Waals surface area contributed by atoms with Gasteiger partial charge in [-0.05, 0) is 51.5 Å². The number of rotatable bonds is 8. The van der Waals surface area contributed by atoms with Gasteiger partial charge in [-0.3, -0.25) is 0 Å². The highest BCUT2D eigenvalue weighted by Crippen LogP contribution is 2.49. The first-order valence-corrected chi connectivity index (χ1v) is 6.18. The van der Waals surface area contributed by atoms with E-state index in [1.54, 1.807) is 0 Å². The molecule has 0 saturated heterocycles. The summed E-state index contributed by atoms with van der Waals surface area (Å²) in [5.74, 6) is 0. The molecule has 0 radical (unpaired) electrons. The molecule has 90 valence electrons. The molecule has 1 aliphatic rings. The summed E-state index contributed by atoms with van der Waals surface area (Å²) >= 11 is 0. The molecule has 0 amide bonds. The smallest absolute Gasteiger partial charge is 0.0443 e. The topological polar surface area (TPSA) is 49.5 Å². The van der Waals surface area contributed by atoms with Crippen molar-refractivity contribution in [3.8, 4) is 0 Å². The Hall–Kier alpha value is -0.120. The zero-order chi connectivity index (χ0) is 11.3. The van der Waals surface area contributed by atoms with Gasteiger partial charge in [0.15, 0.2) is 0 Å². The largest absolute Gasteiger partial charge is 0.396 e. The van der Waals surface area contributed by atoms with Crippen LogP contribution in [0.15, 0.2) is 0 Å².